The molecule has 2 N–H and O–H groups in total. The van der Waals surface area contributed by atoms with Crippen molar-refractivity contribution in [3.8, 4) is 11.1 Å². The van der Waals surface area contributed by atoms with Crippen LogP contribution in [0, 0.1) is 12.8 Å². The summed E-state index contributed by atoms with van der Waals surface area (Å²) in [5.41, 5.74) is 9.46. The lowest BCUT2D eigenvalue weighted by Gasteiger charge is -2.27. The lowest BCUT2D eigenvalue weighted by molar-refractivity contribution is 0.0720. The van der Waals surface area contributed by atoms with Gasteiger partial charge in [-0.1, -0.05) is 38.1 Å². The Hall–Kier alpha value is -2.62. The van der Waals surface area contributed by atoms with Crippen LogP contribution in [0.5, 0.6) is 0 Å². The molecule has 24 heavy (non-hydrogen) atoms. The Morgan fingerprint density at radius 3 is 2.54 bits per heavy atom. The zero-order valence-electron chi connectivity index (χ0n) is 14.4. The molecule has 2 aromatic rings. The number of pyridine rings is 1. The number of aromatic nitrogens is 1. The molecule has 1 aliphatic rings. The van der Waals surface area contributed by atoms with Crippen molar-refractivity contribution in [1.29, 1.82) is 0 Å². The largest absolute Gasteiger partial charge is 0.383 e. The maximum atomic E-state index is 12.8. The van der Waals surface area contributed by atoms with E-state index in [-0.39, 0.29) is 11.9 Å². The number of nitrogen functional groups attached to an aromatic ring is 1. The van der Waals surface area contributed by atoms with E-state index in [2.05, 4.69) is 31.0 Å². The molecule has 0 bridgehead atoms. The summed E-state index contributed by atoms with van der Waals surface area (Å²) in [7, 11) is 0. The van der Waals surface area contributed by atoms with Gasteiger partial charge in [0, 0.05) is 23.4 Å². The fraction of sp³-hybridized carbons (Fsp3) is 0.300. The highest BCUT2D eigenvalue weighted by Gasteiger charge is 2.27. The van der Waals surface area contributed by atoms with Gasteiger partial charge in [-0.2, -0.15) is 0 Å². The maximum absolute atomic E-state index is 12.8. The van der Waals surface area contributed by atoms with Crippen molar-refractivity contribution < 1.29 is 4.79 Å². The minimum atomic E-state index is 0.0697. The van der Waals surface area contributed by atoms with E-state index < -0.39 is 0 Å². The van der Waals surface area contributed by atoms with Crippen LogP contribution >= 0.6 is 0 Å². The quantitative estimate of drug-likeness (QED) is 0.877. The van der Waals surface area contributed by atoms with E-state index in [1.807, 2.05) is 48.2 Å². The Morgan fingerprint density at radius 2 is 1.92 bits per heavy atom. The number of anilines is 1. The number of aryl methyl sites for hydroxylation is 1. The maximum Gasteiger partial charge on any atom is 0.254 e. The smallest absolute Gasteiger partial charge is 0.254 e. The highest BCUT2D eigenvalue weighted by molar-refractivity contribution is 5.95. The average Bonchev–Trinajstić information content (AvgIpc) is 3.04. The molecule has 1 aromatic heterocycles. The van der Waals surface area contributed by atoms with E-state index in [0.29, 0.717) is 23.8 Å². The molecule has 1 atom stereocenters. The number of benzene rings is 1. The Morgan fingerprint density at radius 1 is 1.21 bits per heavy atom. The number of rotatable bonds is 3. The van der Waals surface area contributed by atoms with Gasteiger partial charge >= 0.3 is 0 Å². The van der Waals surface area contributed by atoms with Gasteiger partial charge < -0.3 is 10.6 Å². The van der Waals surface area contributed by atoms with Crippen molar-refractivity contribution in [3.63, 3.8) is 0 Å². The van der Waals surface area contributed by atoms with Gasteiger partial charge in [0.15, 0.2) is 0 Å². The molecule has 0 saturated carbocycles. The summed E-state index contributed by atoms with van der Waals surface area (Å²) in [5.74, 6) is 0.989. The third kappa shape index (κ3) is 3.04. The monoisotopic (exact) mass is 321 g/mol. The van der Waals surface area contributed by atoms with Crippen molar-refractivity contribution in [2.24, 2.45) is 5.92 Å². The summed E-state index contributed by atoms with van der Waals surface area (Å²) in [6, 6.07) is 11.7. The summed E-state index contributed by atoms with van der Waals surface area (Å²) < 4.78 is 0. The highest BCUT2D eigenvalue weighted by Crippen LogP contribution is 2.26. The minimum absolute atomic E-state index is 0.0697. The predicted molar refractivity (Wildman–Crippen MR) is 97.6 cm³/mol. The molecule has 0 unspecified atom stereocenters. The first-order valence-electron chi connectivity index (χ1n) is 8.28. The molecule has 1 amide bonds. The first-order chi connectivity index (χ1) is 11.5. The Bertz CT molecular complexity index is 778. The van der Waals surface area contributed by atoms with E-state index in [1.165, 1.54) is 0 Å². The lowest BCUT2D eigenvalue weighted by Crippen LogP contribution is -2.38. The SMILES string of the molecule is Cc1ccc(-c2ccc(C(=O)N3CC=C[C@@H]3C(C)C)cc2)c(N)n1. The molecule has 4 nitrogen and oxygen atoms in total. The molecule has 4 heteroatoms. The summed E-state index contributed by atoms with van der Waals surface area (Å²) in [6.45, 7) is 6.86. The third-order valence-corrected chi connectivity index (χ3v) is 4.45. The van der Waals surface area contributed by atoms with E-state index in [9.17, 15) is 4.79 Å². The molecule has 0 aliphatic carbocycles. The van der Waals surface area contributed by atoms with Gasteiger partial charge in [-0.3, -0.25) is 4.79 Å². The molecule has 0 spiro atoms. The van der Waals surface area contributed by atoms with Crippen molar-refractivity contribution in [2.75, 3.05) is 12.3 Å². The van der Waals surface area contributed by atoms with E-state index in [1.54, 1.807) is 0 Å². The van der Waals surface area contributed by atoms with Gasteiger partial charge in [0.1, 0.15) is 5.82 Å². The Kier molecular flexibility index (Phi) is 4.38. The fourth-order valence-electron chi connectivity index (χ4n) is 3.12. The van der Waals surface area contributed by atoms with Crippen LogP contribution in [0.15, 0.2) is 48.6 Å². The van der Waals surface area contributed by atoms with E-state index in [0.717, 1.165) is 16.8 Å². The molecule has 0 radical (unpaired) electrons. The Balaban J connectivity index is 1.83. The number of carbonyl (C=O) groups is 1. The van der Waals surface area contributed by atoms with Crippen LogP contribution < -0.4 is 5.73 Å². The number of hydrogen-bond donors (Lipinski definition) is 1. The van der Waals surface area contributed by atoms with E-state index >= 15 is 0 Å². The van der Waals surface area contributed by atoms with E-state index in [4.69, 9.17) is 5.73 Å². The fourth-order valence-corrected chi connectivity index (χ4v) is 3.12. The summed E-state index contributed by atoms with van der Waals surface area (Å²) >= 11 is 0. The first-order valence-corrected chi connectivity index (χ1v) is 8.28. The van der Waals surface area contributed by atoms with Crippen LogP contribution in [-0.4, -0.2) is 28.4 Å². The van der Waals surface area contributed by atoms with Crippen LogP contribution in [0.25, 0.3) is 11.1 Å². The standard InChI is InChI=1S/C20H23N3O/c1-13(2)18-5-4-12-23(18)20(24)16-9-7-15(8-10-16)17-11-6-14(3)22-19(17)21/h4-11,13,18H,12H2,1-3H3,(H2,21,22)/t18-/m1/s1. The van der Waals surface area contributed by atoms with Crippen LogP contribution in [0.1, 0.15) is 29.9 Å². The number of nitrogens with two attached hydrogens (primary N) is 1. The van der Waals surface area contributed by atoms with Crippen LogP contribution in [0.3, 0.4) is 0 Å². The molecule has 3 rings (SSSR count). The molecule has 0 fully saturated rings. The number of hydrogen-bond acceptors (Lipinski definition) is 3. The molecule has 0 saturated heterocycles. The molecule has 2 heterocycles. The number of carbonyl (C=O) groups excluding carboxylic acids is 1. The minimum Gasteiger partial charge on any atom is -0.383 e. The highest BCUT2D eigenvalue weighted by atomic mass is 16.2. The molecular weight excluding hydrogens is 298 g/mol. The van der Waals surface area contributed by atoms with Crippen molar-refractivity contribution in [2.45, 2.75) is 26.8 Å². The van der Waals surface area contributed by atoms with Crippen LogP contribution in [0.4, 0.5) is 5.82 Å². The average molecular weight is 321 g/mol. The molecular formula is C20H23N3O. The normalized spacial score (nSPS) is 16.8. The van der Waals surface area contributed by atoms with Gasteiger partial charge in [0.05, 0.1) is 6.04 Å². The number of nitrogens with zero attached hydrogens (tertiary/aromatic N) is 2. The first kappa shape index (κ1) is 16.2. The second-order valence-corrected chi connectivity index (χ2v) is 6.58. The van der Waals surface area contributed by atoms with Gasteiger partial charge in [-0.05, 0) is 42.7 Å². The second-order valence-electron chi connectivity index (χ2n) is 6.58. The lowest BCUT2D eigenvalue weighted by atomic mass is 10.0. The Labute approximate surface area is 143 Å². The predicted octanol–water partition coefficient (Wildman–Crippen LogP) is 3.68. The van der Waals surface area contributed by atoms with Crippen molar-refractivity contribution in [3.05, 3.63) is 59.8 Å². The topological polar surface area (TPSA) is 59.2 Å². The second kappa shape index (κ2) is 6.48. The number of amides is 1. The van der Waals surface area contributed by atoms with Gasteiger partial charge in [-0.15, -0.1) is 0 Å². The summed E-state index contributed by atoms with van der Waals surface area (Å²) in [6.07, 6.45) is 4.19. The van der Waals surface area contributed by atoms with Gasteiger partial charge in [0.2, 0.25) is 0 Å². The van der Waals surface area contributed by atoms with Crippen molar-refractivity contribution >= 4 is 11.7 Å². The summed E-state index contributed by atoms with van der Waals surface area (Å²) in [5, 5.41) is 0. The van der Waals surface area contributed by atoms with Gasteiger partial charge in [0.25, 0.3) is 5.91 Å². The zero-order chi connectivity index (χ0) is 17.3. The summed E-state index contributed by atoms with van der Waals surface area (Å²) in [4.78, 5) is 19.0. The third-order valence-electron chi connectivity index (χ3n) is 4.45. The molecule has 124 valence electrons. The zero-order valence-corrected chi connectivity index (χ0v) is 14.4. The van der Waals surface area contributed by atoms with Crippen LogP contribution in [-0.2, 0) is 0 Å². The molecule has 1 aliphatic heterocycles. The molecule has 1 aromatic carbocycles. The van der Waals surface area contributed by atoms with Crippen LogP contribution in [0.2, 0.25) is 0 Å². The van der Waals surface area contributed by atoms with Crippen molar-refractivity contribution in [1.82, 2.24) is 9.88 Å². The van der Waals surface area contributed by atoms with Gasteiger partial charge in [-0.25, -0.2) is 4.98 Å².